The number of hydrogen-bond donors (Lipinski definition) is 2. The zero-order valence-corrected chi connectivity index (χ0v) is 14.5. The number of halogens is 2. The van der Waals surface area contributed by atoms with E-state index in [4.69, 9.17) is 10.5 Å². The van der Waals surface area contributed by atoms with Gasteiger partial charge in [0.1, 0.15) is 5.82 Å². The van der Waals surface area contributed by atoms with Gasteiger partial charge in [-0.05, 0) is 43.5 Å². The predicted octanol–water partition coefficient (Wildman–Crippen LogP) is 2.23. The minimum Gasteiger partial charge on any atom is -0.383 e. The van der Waals surface area contributed by atoms with Gasteiger partial charge in [0.15, 0.2) is 5.96 Å². The van der Waals surface area contributed by atoms with Gasteiger partial charge in [-0.3, -0.25) is 4.99 Å². The Morgan fingerprint density at radius 2 is 2.20 bits per heavy atom. The van der Waals surface area contributed by atoms with E-state index in [2.05, 4.69) is 10.3 Å². The van der Waals surface area contributed by atoms with Crippen LogP contribution in [0.15, 0.2) is 23.2 Å². The Bertz CT molecular complexity index is 440. The highest BCUT2D eigenvalue weighted by atomic mass is 127. The number of hydrogen-bond acceptors (Lipinski definition) is 2. The minimum absolute atomic E-state index is 0. The number of aliphatic imine (C=N–C) groups is 1. The van der Waals surface area contributed by atoms with Crippen LogP contribution in [-0.2, 0) is 11.2 Å². The largest absolute Gasteiger partial charge is 0.383 e. The number of aryl methyl sites for hydroxylation is 1. The molecular formula is C14H23FIN3O. The number of rotatable bonds is 6. The minimum atomic E-state index is -0.209. The maximum absolute atomic E-state index is 12.9. The van der Waals surface area contributed by atoms with Crippen LogP contribution in [0.1, 0.15) is 18.1 Å². The molecule has 0 spiro atoms. The van der Waals surface area contributed by atoms with Gasteiger partial charge in [0.2, 0.25) is 0 Å². The summed E-state index contributed by atoms with van der Waals surface area (Å²) in [5.74, 6) is 0.198. The fraction of sp³-hybridized carbons (Fsp3) is 0.500. The van der Waals surface area contributed by atoms with E-state index in [1.165, 1.54) is 12.1 Å². The Balaban J connectivity index is 0.00000361. The van der Waals surface area contributed by atoms with Gasteiger partial charge < -0.3 is 15.8 Å². The first-order chi connectivity index (χ1) is 9.02. The lowest BCUT2D eigenvalue weighted by Gasteiger charge is -2.13. The molecule has 4 nitrogen and oxygen atoms in total. The van der Waals surface area contributed by atoms with E-state index in [1.807, 2.05) is 13.8 Å². The summed E-state index contributed by atoms with van der Waals surface area (Å²) in [6.07, 6.45) is 0.743. The van der Waals surface area contributed by atoms with Crippen molar-refractivity contribution in [2.75, 3.05) is 20.3 Å². The first-order valence-electron chi connectivity index (χ1n) is 6.33. The molecule has 0 heterocycles. The first kappa shape index (κ1) is 19.1. The van der Waals surface area contributed by atoms with Crippen LogP contribution in [0.2, 0.25) is 0 Å². The molecule has 6 heteroatoms. The second-order valence-corrected chi connectivity index (χ2v) is 4.59. The molecule has 0 aromatic heterocycles. The van der Waals surface area contributed by atoms with Crippen molar-refractivity contribution < 1.29 is 9.13 Å². The van der Waals surface area contributed by atoms with Gasteiger partial charge in [-0.2, -0.15) is 0 Å². The van der Waals surface area contributed by atoms with Crippen molar-refractivity contribution in [1.29, 1.82) is 0 Å². The highest BCUT2D eigenvalue weighted by molar-refractivity contribution is 14.0. The summed E-state index contributed by atoms with van der Waals surface area (Å²) in [6.45, 7) is 5.01. The summed E-state index contributed by atoms with van der Waals surface area (Å²) in [5, 5.41) is 3.03. The monoisotopic (exact) mass is 395 g/mol. The Labute approximate surface area is 137 Å². The number of benzene rings is 1. The summed E-state index contributed by atoms with van der Waals surface area (Å²) in [7, 11) is 1.64. The average Bonchev–Trinajstić information content (AvgIpc) is 2.32. The Hall–Kier alpha value is -0.890. The van der Waals surface area contributed by atoms with E-state index < -0.39 is 0 Å². The van der Waals surface area contributed by atoms with Crippen molar-refractivity contribution in [3.05, 3.63) is 35.1 Å². The Morgan fingerprint density at radius 1 is 1.50 bits per heavy atom. The van der Waals surface area contributed by atoms with Crippen LogP contribution < -0.4 is 11.1 Å². The predicted molar refractivity (Wildman–Crippen MR) is 91.2 cm³/mol. The van der Waals surface area contributed by atoms with Crippen molar-refractivity contribution in [2.24, 2.45) is 10.7 Å². The fourth-order valence-corrected chi connectivity index (χ4v) is 1.83. The van der Waals surface area contributed by atoms with Crippen LogP contribution in [0.4, 0.5) is 4.39 Å². The molecule has 3 N–H and O–H groups in total. The lowest BCUT2D eigenvalue weighted by atomic mass is 10.1. The van der Waals surface area contributed by atoms with E-state index in [9.17, 15) is 4.39 Å². The molecule has 0 radical (unpaired) electrons. The summed E-state index contributed by atoms with van der Waals surface area (Å²) in [6, 6.07) is 4.91. The van der Waals surface area contributed by atoms with Crippen LogP contribution >= 0.6 is 24.0 Å². The second kappa shape index (κ2) is 9.93. The quantitative estimate of drug-likeness (QED) is 0.441. The lowest BCUT2D eigenvalue weighted by Crippen LogP contribution is -2.40. The Kier molecular flexibility index (Phi) is 9.49. The molecule has 0 aliphatic heterocycles. The van der Waals surface area contributed by atoms with Crippen LogP contribution in [0.25, 0.3) is 0 Å². The molecule has 0 fully saturated rings. The molecule has 1 atom stereocenters. The highest BCUT2D eigenvalue weighted by Crippen LogP contribution is 2.10. The number of ether oxygens (including phenoxy) is 1. The third-order valence-electron chi connectivity index (χ3n) is 2.78. The van der Waals surface area contributed by atoms with E-state index in [0.29, 0.717) is 19.1 Å². The molecule has 0 bridgehead atoms. The van der Waals surface area contributed by atoms with Crippen LogP contribution in [0.5, 0.6) is 0 Å². The van der Waals surface area contributed by atoms with Crippen molar-refractivity contribution >= 4 is 29.9 Å². The van der Waals surface area contributed by atoms with Gasteiger partial charge in [0, 0.05) is 19.7 Å². The van der Waals surface area contributed by atoms with Crippen LogP contribution in [-0.4, -0.2) is 32.3 Å². The van der Waals surface area contributed by atoms with Crippen molar-refractivity contribution in [3.63, 3.8) is 0 Å². The molecule has 0 saturated carbocycles. The van der Waals surface area contributed by atoms with E-state index in [1.54, 1.807) is 13.2 Å². The van der Waals surface area contributed by atoms with Gasteiger partial charge in [0.05, 0.1) is 6.61 Å². The van der Waals surface area contributed by atoms with Crippen LogP contribution in [0.3, 0.4) is 0 Å². The number of nitrogens with two attached hydrogens (primary N) is 1. The SMILES string of the molecule is COCC(C)NC(N)=NCCc1ccc(F)cc1C.I. The average molecular weight is 395 g/mol. The van der Waals surface area contributed by atoms with Crippen molar-refractivity contribution in [1.82, 2.24) is 5.32 Å². The summed E-state index contributed by atoms with van der Waals surface area (Å²) in [4.78, 5) is 4.24. The molecule has 20 heavy (non-hydrogen) atoms. The zero-order valence-electron chi connectivity index (χ0n) is 12.1. The summed E-state index contributed by atoms with van der Waals surface area (Å²) >= 11 is 0. The van der Waals surface area contributed by atoms with Crippen molar-refractivity contribution in [2.45, 2.75) is 26.3 Å². The van der Waals surface area contributed by atoms with Gasteiger partial charge in [0.25, 0.3) is 0 Å². The molecular weight excluding hydrogens is 372 g/mol. The normalized spacial score (nSPS) is 12.7. The van der Waals surface area contributed by atoms with E-state index in [-0.39, 0.29) is 35.8 Å². The number of guanidine groups is 1. The van der Waals surface area contributed by atoms with Gasteiger partial charge in [-0.15, -0.1) is 24.0 Å². The first-order valence-corrected chi connectivity index (χ1v) is 6.33. The summed E-state index contributed by atoms with van der Waals surface area (Å²) in [5.41, 5.74) is 7.78. The van der Waals surface area contributed by atoms with Gasteiger partial charge >= 0.3 is 0 Å². The number of methoxy groups -OCH3 is 1. The Morgan fingerprint density at radius 3 is 2.80 bits per heavy atom. The maximum atomic E-state index is 12.9. The summed E-state index contributed by atoms with van der Waals surface area (Å²) < 4.78 is 17.9. The molecule has 1 aromatic rings. The molecule has 0 aliphatic rings. The molecule has 0 amide bonds. The molecule has 1 unspecified atom stereocenters. The molecule has 0 aliphatic carbocycles. The van der Waals surface area contributed by atoms with E-state index >= 15 is 0 Å². The molecule has 1 rings (SSSR count). The molecule has 0 saturated heterocycles. The number of nitrogens with zero attached hydrogens (tertiary/aromatic N) is 1. The topological polar surface area (TPSA) is 59.6 Å². The van der Waals surface area contributed by atoms with E-state index in [0.717, 1.165) is 17.5 Å². The fourth-order valence-electron chi connectivity index (χ4n) is 1.83. The van der Waals surface area contributed by atoms with Gasteiger partial charge in [-0.1, -0.05) is 6.07 Å². The molecule has 114 valence electrons. The smallest absolute Gasteiger partial charge is 0.188 e. The van der Waals surface area contributed by atoms with Crippen LogP contribution in [0, 0.1) is 12.7 Å². The van der Waals surface area contributed by atoms with Crippen molar-refractivity contribution in [3.8, 4) is 0 Å². The third-order valence-corrected chi connectivity index (χ3v) is 2.78. The third kappa shape index (κ3) is 7.04. The lowest BCUT2D eigenvalue weighted by molar-refractivity contribution is 0.179. The second-order valence-electron chi connectivity index (χ2n) is 4.59. The standard InChI is InChI=1S/C14H22FN3O.HI/c1-10-8-13(15)5-4-12(10)6-7-17-14(16)18-11(2)9-19-3;/h4-5,8,11H,6-7,9H2,1-3H3,(H3,16,17,18);1H. The zero-order chi connectivity index (χ0) is 14.3. The highest BCUT2D eigenvalue weighted by Gasteiger charge is 2.02. The maximum Gasteiger partial charge on any atom is 0.188 e. The molecule has 1 aromatic carbocycles. The van der Waals surface area contributed by atoms with Gasteiger partial charge in [-0.25, -0.2) is 4.39 Å². The number of nitrogens with one attached hydrogen (secondary N) is 1.